The zero-order chi connectivity index (χ0) is 18.2. The van der Waals surface area contributed by atoms with E-state index in [9.17, 15) is 5.26 Å². The van der Waals surface area contributed by atoms with Gasteiger partial charge in [-0.1, -0.05) is 13.8 Å². The highest BCUT2D eigenvalue weighted by atomic mass is 16.5. The van der Waals surface area contributed by atoms with Crippen LogP contribution < -0.4 is 10.1 Å². The van der Waals surface area contributed by atoms with Crippen molar-refractivity contribution in [2.75, 3.05) is 25.6 Å². The lowest BCUT2D eigenvalue weighted by Crippen LogP contribution is -2.08. The Labute approximate surface area is 148 Å². The lowest BCUT2D eigenvalue weighted by molar-refractivity contribution is 0.146. The number of nitriles is 1. The minimum atomic E-state index is 0.493. The van der Waals surface area contributed by atoms with Crippen LogP contribution in [-0.4, -0.2) is 30.5 Å². The average molecular weight is 340 g/mol. The number of methoxy groups -OCH3 is 1. The molecule has 0 fully saturated rings. The van der Waals surface area contributed by atoms with Crippen molar-refractivity contribution in [1.82, 2.24) is 10.2 Å². The lowest BCUT2D eigenvalue weighted by atomic mass is 10.0. The molecule has 132 valence electrons. The fourth-order valence-corrected chi connectivity index (χ4v) is 2.62. The molecule has 1 heterocycles. The van der Waals surface area contributed by atoms with E-state index in [0.717, 1.165) is 41.1 Å². The quantitative estimate of drug-likeness (QED) is 0.740. The first kappa shape index (κ1) is 18.7. The zero-order valence-electron chi connectivity index (χ0n) is 15.2. The minimum Gasteiger partial charge on any atom is -0.491 e. The van der Waals surface area contributed by atoms with E-state index in [4.69, 9.17) is 9.47 Å². The predicted octanol–water partition coefficient (Wildman–Crippen LogP) is 3.55. The summed E-state index contributed by atoms with van der Waals surface area (Å²) in [6.07, 6.45) is 1.51. The number of nitrogens with zero attached hydrogens (tertiary/aromatic N) is 3. The monoisotopic (exact) mass is 340 g/mol. The van der Waals surface area contributed by atoms with Crippen LogP contribution in [0.1, 0.15) is 36.2 Å². The Morgan fingerprint density at radius 2 is 1.96 bits per heavy atom. The van der Waals surface area contributed by atoms with E-state index in [-0.39, 0.29) is 0 Å². The molecule has 0 spiro atoms. The van der Waals surface area contributed by atoms with E-state index in [1.54, 1.807) is 7.11 Å². The summed E-state index contributed by atoms with van der Waals surface area (Å²) in [6, 6.07) is 8.01. The Morgan fingerprint density at radius 3 is 2.56 bits per heavy atom. The normalized spacial score (nSPS) is 10.4. The first-order valence-electron chi connectivity index (χ1n) is 8.42. The number of nitrogens with one attached hydrogen (secondary N) is 1. The second kappa shape index (κ2) is 9.00. The third kappa shape index (κ3) is 4.46. The van der Waals surface area contributed by atoms with E-state index < -0.39 is 0 Å². The van der Waals surface area contributed by atoms with Crippen LogP contribution in [0.5, 0.6) is 5.75 Å². The van der Waals surface area contributed by atoms with Gasteiger partial charge in [-0.2, -0.15) is 10.4 Å². The van der Waals surface area contributed by atoms with E-state index >= 15 is 0 Å². The molecule has 1 aromatic heterocycles. The van der Waals surface area contributed by atoms with Crippen molar-refractivity contribution in [3.8, 4) is 11.8 Å². The van der Waals surface area contributed by atoms with Crippen molar-refractivity contribution >= 4 is 11.5 Å². The van der Waals surface area contributed by atoms with E-state index in [0.29, 0.717) is 24.6 Å². The van der Waals surface area contributed by atoms with Gasteiger partial charge in [0.05, 0.1) is 12.3 Å². The average Bonchev–Trinajstić information content (AvgIpc) is 2.63. The Bertz CT molecular complexity index is 769. The Hall–Kier alpha value is -2.65. The Kier molecular flexibility index (Phi) is 6.72. The van der Waals surface area contributed by atoms with Crippen LogP contribution in [-0.2, 0) is 17.6 Å². The topological polar surface area (TPSA) is 80.1 Å². The van der Waals surface area contributed by atoms with Gasteiger partial charge in [-0.25, -0.2) is 0 Å². The number of rotatable bonds is 8. The van der Waals surface area contributed by atoms with Gasteiger partial charge in [-0.05, 0) is 49.1 Å². The number of anilines is 2. The predicted molar refractivity (Wildman–Crippen MR) is 97.3 cm³/mol. The van der Waals surface area contributed by atoms with Crippen LogP contribution >= 0.6 is 0 Å². The number of aryl methyl sites for hydroxylation is 2. The van der Waals surface area contributed by atoms with E-state index in [1.807, 2.05) is 39.0 Å². The van der Waals surface area contributed by atoms with Crippen LogP contribution in [0.15, 0.2) is 18.2 Å². The molecule has 0 atom stereocenters. The zero-order valence-corrected chi connectivity index (χ0v) is 15.2. The highest BCUT2D eigenvalue weighted by Crippen LogP contribution is 2.27. The molecule has 1 aromatic carbocycles. The van der Waals surface area contributed by atoms with Crippen molar-refractivity contribution in [3.63, 3.8) is 0 Å². The second-order valence-corrected chi connectivity index (χ2v) is 5.61. The second-order valence-electron chi connectivity index (χ2n) is 5.61. The molecular weight excluding hydrogens is 316 g/mol. The van der Waals surface area contributed by atoms with Crippen molar-refractivity contribution in [1.29, 1.82) is 5.26 Å². The molecule has 0 aliphatic rings. The standard InChI is InChI=1S/C19H24N4O2/c1-5-15-16(12-20)19(23-22-17(15)6-2)21-18-8-7-14(11-13(18)3)25-10-9-24-4/h7-8,11H,5-6,9-10H2,1-4H3,(H,21,23). The van der Waals surface area contributed by atoms with Gasteiger partial charge in [0.25, 0.3) is 0 Å². The summed E-state index contributed by atoms with van der Waals surface area (Å²) >= 11 is 0. The van der Waals surface area contributed by atoms with Crippen molar-refractivity contribution in [2.24, 2.45) is 0 Å². The maximum Gasteiger partial charge on any atom is 0.171 e. The van der Waals surface area contributed by atoms with Gasteiger partial charge in [0.1, 0.15) is 24.0 Å². The molecule has 25 heavy (non-hydrogen) atoms. The maximum atomic E-state index is 9.57. The van der Waals surface area contributed by atoms with Gasteiger partial charge in [-0.15, -0.1) is 5.10 Å². The molecule has 0 aliphatic carbocycles. The summed E-state index contributed by atoms with van der Waals surface area (Å²) in [5.41, 5.74) is 4.27. The van der Waals surface area contributed by atoms with Crippen molar-refractivity contribution in [3.05, 3.63) is 40.6 Å². The van der Waals surface area contributed by atoms with Crippen LogP contribution in [0.2, 0.25) is 0 Å². The molecular formula is C19H24N4O2. The lowest BCUT2D eigenvalue weighted by Gasteiger charge is -2.14. The Balaban J connectivity index is 2.26. The summed E-state index contributed by atoms with van der Waals surface area (Å²) in [4.78, 5) is 0. The van der Waals surface area contributed by atoms with Crippen LogP contribution in [0.4, 0.5) is 11.5 Å². The molecule has 1 N–H and O–H groups in total. The molecule has 0 bridgehead atoms. The molecule has 6 nitrogen and oxygen atoms in total. The molecule has 2 aromatic rings. The van der Waals surface area contributed by atoms with Gasteiger partial charge in [0.2, 0.25) is 0 Å². The number of aromatic nitrogens is 2. The van der Waals surface area contributed by atoms with E-state index in [2.05, 4.69) is 21.6 Å². The molecule has 0 amide bonds. The molecule has 0 radical (unpaired) electrons. The molecule has 0 unspecified atom stereocenters. The Morgan fingerprint density at radius 1 is 1.16 bits per heavy atom. The summed E-state index contributed by atoms with van der Waals surface area (Å²) in [7, 11) is 1.64. The molecule has 0 saturated carbocycles. The van der Waals surface area contributed by atoms with Gasteiger partial charge in [0, 0.05) is 12.8 Å². The third-order valence-electron chi connectivity index (χ3n) is 3.97. The number of ether oxygens (including phenoxy) is 2. The molecule has 2 rings (SSSR count). The van der Waals surface area contributed by atoms with Crippen LogP contribution in [0.3, 0.4) is 0 Å². The fraction of sp³-hybridized carbons (Fsp3) is 0.421. The fourth-order valence-electron chi connectivity index (χ4n) is 2.62. The van der Waals surface area contributed by atoms with Crippen molar-refractivity contribution < 1.29 is 9.47 Å². The van der Waals surface area contributed by atoms with Crippen molar-refractivity contribution in [2.45, 2.75) is 33.6 Å². The summed E-state index contributed by atoms with van der Waals surface area (Å²) in [5.74, 6) is 1.27. The number of hydrogen-bond acceptors (Lipinski definition) is 6. The first-order chi connectivity index (χ1) is 12.1. The van der Waals surface area contributed by atoms with E-state index in [1.165, 1.54) is 0 Å². The van der Waals surface area contributed by atoms with Gasteiger partial charge in [0.15, 0.2) is 5.82 Å². The first-order valence-corrected chi connectivity index (χ1v) is 8.42. The molecule has 6 heteroatoms. The van der Waals surface area contributed by atoms with Gasteiger partial charge in [-0.3, -0.25) is 0 Å². The van der Waals surface area contributed by atoms with Gasteiger partial charge >= 0.3 is 0 Å². The van der Waals surface area contributed by atoms with Crippen LogP contribution in [0.25, 0.3) is 0 Å². The molecule has 0 saturated heterocycles. The number of benzene rings is 1. The maximum absolute atomic E-state index is 9.57. The van der Waals surface area contributed by atoms with Gasteiger partial charge < -0.3 is 14.8 Å². The third-order valence-corrected chi connectivity index (χ3v) is 3.97. The minimum absolute atomic E-state index is 0.493. The summed E-state index contributed by atoms with van der Waals surface area (Å²) in [5, 5.41) is 21.3. The number of hydrogen-bond donors (Lipinski definition) is 1. The SMILES string of the molecule is CCc1nnc(Nc2ccc(OCCOC)cc2C)c(C#N)c1CC. The summed E-state index contributed by atoms with van der Waals surface area (Å²) < 4.78 is 10.6. The summed E-state index contributed by atoms with van der Waals surface area (Å²) in [6.45, 7) is 7.07. The highest BCUT2D eigenvalue weighted by Gasteiger charge is 2.15. The largest absolute Gasteiger partial charge is 0.491 e. The highest BCUT2D eigenvalue weighted by molar-refractivity contribution is 5.67. The smallest absolute Gasteiger partial charge is 0.171 e. The van der Waals surface area contributed by atoms with Crippen LogP contribution in [0, 0.1) is 18.3 Å². The molecule has 0 aliphatic heterocycles.